The van der Waals surface area contributed by atoms with Crippen molar-refractivity contribution in [1.82, 2.24) is 9.13 Å². The first-order valence-electron chi connectivity index (χ1n) is 22.3. The Morgan fingerprint density at radius 1 is 0.451 bits per heavy atom. The molecule has 0 radical (unpaired) electrons. The molecular formula is C61H32F3N7. The van der Waals surface area contributed by atoms with Gasteiger partial charge in [0.05, 0.1) is 70.9 Å². The summed E-state index contributed by atoms with van der Waals surface area (Å²) in [6.07, 6.45) is -4.52. The van der Waals surface area contributed by atoms with Gasteiger partial charge in [-0.05, 0) is 142 Å². The third-order valence-corrected chi connectivity index (χ3v) is 13.2. The molecule has 71 heavy (non-hydrogen) atoms. The van der Waals surface area contributed by atoms with Crippen molar-refractivity contribution in [2.45, 2.75) is 13.1 Å². The van der Waals surface area contributed by atoms with Crippen molar-refractivity contribution in [2.24, 2.45) is 0 Å². The zero-order chi connectivity index (χ0) is 49.1. The van der Waals surface area contributed by atoms with Crippen molar-refractivity contribution in [2.75, 3.05) is 0 Å². The van der Waals surface area contributed by atoms with Crippen LogP contribution in [0.4, 0.5) is 30.2 Å². The fraction of sp³-hybridized carbons (Fsp3) is 0.0328. The van der Waals surface area contributed by atoms with E-state index in [1.54, 1.807) is 49.4 Å². The third kappa shape index (κ3) is 7.19. The van der Waals surface area contributed by atoms with Gasteiger partial charge >= 0.3 is 6.18 Å². The number of rotatable bonds is 6. The maximum absolute atomic E-state index is 14.0. The van der Waals surface area contributed by atoms with Crippen LogP contribution in [0.25, 0.3) is 114 Å². The Balaban J connectivity index is 1.20. The van der Waals surface area contributed by atoms with Crippen LogP contribution in [0.3, 0.4) is 0 Å². The van der Waals surface area contributed by atoms with Crippen molar-refractivity contribution >= 4 is 60.7 Å². The van der Waals surface area contributed by atoms with Crippen LogP contribution >= 0.6 is 0 Å². The van der Waals surface area contributed by atoms with Crippen LogP contribution in [0, 0.1) is 49.3 Å². The second-order valence-electron chi connectivity index (χ2n) is 17.2. The average Bonchev–Trinajstić information content (AvgIpc) is 3.91. The van der Waals surface area contributed by atoms with Crippen LogP contribution in [-0.2, 0) is 6.18 Å². The lowest BCUT2D eigenvalue weighted by Gasteiger charge is -2.21. The van der Waals surface area contributed by atoms with Gasteiger partial charge in [0.25, 0.3) is 0 Å². The Morgan fingerprint density at radius 3 is 1.56 bits per heavy atom. The lowest BCUT2D eigenvalue weighted by molar-refractivity contribution is -0.137. The maximum atomic E-state index is 14.0. The molecule has 0 bridgehead atoms. The second kappa shape index (κ2) is 16.9. The molecule has 0 saturated heterocycles. The average molecular weight is 920 g/mol. The normalized spacial score (nSPS) is 11.3. The topological polar surface area (TPSA) is 70.5 Å². The quantitative estimate of drug-likeness (QED) is 0.156. The molecule has 11 aromatic rings. The molecule has 0 fully saturated rings. The number of para-hydroxylation sites is 2. The molecule has 0 N–H and O–H groups in total. The summed E-state index contributed by atoms with van der Waals surface area (Å²) in [4.78, 5) is 11.2. The molecule has 10 heteroatoms. The van der Waals surface area contributed by atoms with Crippen LogP contribution < -0.4 is 0 Å². The number of alkyl halides is 3. The van der Waals surface area contributed by atoms with Gasteiger partial charge < -0.3 is 9.13 Å². The van der Waals surface area contributed by atoms with Gasteiger partial charge in [-0.2, -0.15) is 23.7 Å². The molecular weight excluding hydrogens is 888 g/mol. The summed E-state index contributed by atoms with van der Waals surface area (Å²) in [5.41, 5.74) is 12.2. The van der Waals surface area contributed by atoms with E-state index in [4.69, 9.17) is 19.7 Å². The molecule has 2 aromatic heterocycles. The minimum Gasteiger partial charge on any atom is -0.309 e. The highest BCUT2D eigenvalue weighted by Gasteiger charge is 2.31. The first-order valence-corrected chi connectivity index (χ1v) is 22.3. The number of nitrogens with zero attached hydrogens (tertiary/aromatic N) is 7. The molecule has 2 heterocycles. The molecule has 0 saturated carbocycles. The SMILES string of the molecule is [C-]#[N+]c1ccc(-c2ccc3c(c2)c2ccccc2n3-c2ccc(-c3ccc(C(F)(F)F)cc3C)cc2-c2cc([N+]#[C-])ccc2-n2c3ccccc3c3cc(-c4ccc(C#N)cc4[N+]#[C-])ccc32)c(C#N)c1. The molecule has 9 aromatic carbocycles. The largest absolute Gasteiger partial charge is 0.416 e. The van der Waals surface area contributed by atoms with Gasteiger partial charge in [0.1, 0.15) is 0 Å². The van der Waals surface area contributed by atoms with Crippen LogP contribution in [0.15, 0.2) is 176 Å². The number of benzene rings is 9. The van der Waals surface area contributed by atoms with Crippen LogP contribution in [-0.4, -0.2) is 9.13 Å². The van der Waals surface area contributed by atoms with E-state index in [9.17, 15) is 23.7 Å². The van der Waals surface area contributed by atoms with Crippen molar-refractivity contribution < 1.29 is 13.2 Å². The Kier molecular flexibility index (Phi) is 10.3. The fourth-order valence-corrected chi connectivity index (χ4v) is 9.97. The molecule has 0 aliphatic heterocycles. The van der Waals surface area contributed by atoms with Crippen LogP contribution in [0.5, 0.6) is 0 Å². The number of aromatic nitrogens is 2. The molecule has 0 atom stereocenters. The molecule has 11 rings (SSSR count). The van der Waals surface area contributed by atoms with Crippen molar-refractivity contribution in [3.63, 3.8) is 0 Å². The van der Waals surface area contributed by atoms with Gasteiger partial charge in [0.15, 0.2) is 17.1 Å². The van der Waals surface area contributed by atoms with Crippen LogP contribution in [0.2, 0.25) is 0 Å². The van der Waals surface area contributed by atoms with Gasteiger partial charge in [-0.3, -0.25) is 0 Å². The lowest BCUT2D eigenvalue weighted by Crippen LogP contribution is -2.05. The molecule has 0 amide bonds. The minimum atomic E-state index is -4.52. The van der Waals surface area contributed by atoms with Crippen molar-refractivity contribution in [3.05, 3.63) is 232 Å². The van der Waals surface area contributed by atoms with Gasteiger partial charge in [-0.25, -0.2) is 14.5 Å². The van der Waals surface area contributed by atoms with E-state index in [-0.39, 0.29) is 0 Å². The summed E-state index contributed by atoms with van der Waals surface area (Å²) in [5.74, 6) is 0. The molecule has 0 aliphatic rings. The monoisotopic (exact) mass is 919 g/mol. The molecule has 0 aliphatic carbocycles. The van der Waals surface area contributed by atoms with Crippen molar-refractivity contribution in [1.29, 1.82) is 10.5 Å². The van der Waals surface area contributed by atoms with E-state index in [1.807, 2.05) is 103 Å². The number of nitriles is 2. The van der Waals surface area contributed by atoms with E-state index < -0.39 is 11.7 Å². The fourth-order valence-electron chi connectivity index (χ4n) is 9.97. The van der Waals surface area contributed by atoms with E-state index in [0.717, 1.165) is 78.2 Å². The third-order valence-electron chi connectivity index (χ3n) is 13.2. The van der Waals surface area contributed by atoms with E-state index in [0.29, 0.717) is 67.1 Å². The highest BCUT2D eigenvalue weighted by molar-refractivity contribution is 6.13. The number of hydrogen-bond acceptors (Lipinski definition) is 2. The summed E-state index contributed by atoms with van der Waals surface area (Å²) in [7, 11) is 0. The predicted octanol–water partition coefficient (Wildman–Crippen LogP) is 17.3. The molecule has 0 spiro atoms. The Bertz CT molecular complexity index is 4310. The van der Waals surface area contributed by atoms with Gasteiger partial charge in [0, 0.05) is 38.2 Å². The Hall–Kier alpha value is -10.2. The smallest absolute Gasteiger partial charge is 0.309 e. The molecule has 7 nitrogen and oxygen atoms in total. The summed E-state index contributed by atoms with van der Waals surface area (Å²) in [6, 6.07) is 57.9. The van der Waals surface area contributed by atoms with Gasteiger partial charge in [-0.1, -0.05) is 84.9 Å². The molecule has 0 unspecified atom stereocenters. The first kappa shape index (κ1) is 43.4. The number of fused-ring (bicyclic) bond motifs is 6. The van der Waals surface area contributed by atoms with E-state index in [2.05, 4.69) is 47.9 Å². The summed E-state index contributed by atoms with van der Waals surface area (Å²) < 4.78 is 46.4. The Labute approximate surface area is 405 Å². The van der Waals surface area contributed by atoms with Gasteiger partial charge in [0.2, 0.25) is 0 Å². The highest BCUT2D eigenvalue weighted by Crippen LogP contribution is 2.46. The number of halogens is 3. The van der Waals surface area contributed by atoms with Crippen LogP contribution in [0.1, 0.15) is 22.3 Å². The number of hydrogen-bond donors (Lipinski definition) is 0. The van der Waals surface area contributed by atoms with E-state index >= 15 is 0 Å². The Morgan fingerprint density at radius 2 is 0.972 bits per heavy atom. The van der Waals surface area contributed by atoms with Gasteiger partial charge in [-0.15, -0.1) is 0 Å². The highest BCUT2D eigenvalue weighted by atomic mass is 19.4. The maximum Gasteiger partial charge on any atom is 0.416 e. The van der Waals surface area contributed by atoms with E-state index in [1.165, 1.54) is 6.07 Å². The standard InChI is InChI=1S/C61H32F3N7/c1-36-27-42(61(62,63)64)17-21-45(36)38-14-23-59(70-55-11-7-5-9-48(55)50-31-39(15-24-57(50)70)46-22-18-43(67-2)29-41(46)35-66)52(30-38)53-33-44(68-3)19-26-60(53)71-56-12-8-6-10-49(56)51-32-40(16-25-58(51)71)47-20-13-37(34-65)28-54(47)69-4/h5-33H,1H3. The first-order chi connectivity index (χ1) is 34.5. The summed E-state index contributed by atoms with van der Waals surface area (Å²) in [5, 5.41) is 23.4. The second-order valence-corrected chi connectivity index (χ2v) is 17.2. The summed E-state index contributed by atoms with van der Waals surface area (Å²) in [6.45, 7) is 25.4. The zero-order valence-electron chi connectivity index (χ0n) is 37.5. The zero-order valence-corrected chi connectivity index (χ0v) is 37.5. The van der Waals surface area contributed by atoms with Crippen molar-refractivity contribution in [3.8, 4) is 68.0 Å². The summed E-state index contributed by atoms with van der Waals surface area (Å²) >= 11 is 0. The minimum absolute atomic E-state index is 0.364. The predicted molar refractivity (Wildman–Crippen MR) is 275 cm³/mol. The molecule has 332 valence electrons. The lowest BCUT2D eigenvalue weighted by atomic mass is 9.93. The number of aryl methyl sites for hydroxylation is 1.